The second kappa shape index (κ2) is 5.63. The highest BCUT2D eigenvalue weighted by Gasteiger charge is 2.13. The van der Waals surface area contributed by atoms with E-state index in [1.807, 2.05) is 12.1 Å². The van der Waals surface area contributed by atoms with Gasteiger partial charge in [0.2, 0.25) is 0 Å². The van der Waals surface area contributed by atoms with Gasteiger partial charge in [-0.05, 0) is 47.7 Å². The molecule has 3 rings (SSSR count). The summed E-state index contributed by atoms with van der Waals surface area (Å²) in [5.41, 5.74) is 9.53. The summed E-state index contributed by atoms with van der Waals surface area (Å²) in [6.45, 7) is 0.779. The monoisotopic (exact) mass is 271 g/mol. The zero-order valence-corrected chi connectivity index (χ0v) is 11.3. The van der Waals surface area contributed by atoms with Gasteiger partial charge >= 0.3 is 0 Å². The van der Waals surface area contributed by atoms with E-state index in [9.17, 15) is 4.39 Å². The van der Waals surface area contributed by atoms with Gasteiger partial charge in [0, 0.05) is 12.5 Å². The zero-order chi connectivity index (χ0) is 13.9. The van der Waals surface area contributed by atoms with E-state index in [1.54, 1.807) is 6.07 Å². The van der Waals surface area contributed by atoms with E-state index in [0.717, 1.165) is 37.2 Å². The predicted molar refractivity (Wildman–Crippen MR) is 77.3 cm³/mol. The minimum atomic E-state index is -0.229. The second-order valence-electron chi connectivity index (χ2n) is 5.24. The quantitative estimate of drug-likeness (QED) is 0.925. The van der Waals surface area contributed by atoms with Crippen molar-refractivity contribution in [2.24, 2.45) is 5.73 Å². The summed E-state index contributed by atoms with van der Waals surface area (Å²) in [7, 11) is 0. The van der Waals surface area contributed by atoms with Gasteiger partial charge in [0.05, 0.1) is 6.61 Å². The fraction of sp³-hybridized carbons (Fsp3) is 0.294. The first-order chi connectivity index (χ1) is 9.72. The molecule has 0 aromatic heterocycles. The molecule has 1 heterocycles. The van der Waals surface area contributed by atoms with Gasteiger partial charge in [0.15, 0.2) is 0 Å². The number of aryl methyl sites for hydroxylation is 1. The van der Waals surface area contributed by atoms with E-state index in [2.05, 4.69) is 12.1 Å². The molecule has 3 heteroatoms. The van der Waals surface area contributed by atoms with E-state index in [-0.39, 0.29) is 11.9 Å². The van der Waals surface area contributed by atoms with Crippen LogP contribution in [0.5, 0.6) is 5.75 Å². The van der Waals surface area contributed by atoms with E-state index >= 15 is 0 Å². The van der Waals surface area contributed by atoms with Crippen molar-refractivity contribution in [3.05, 3.63) is 65.0 Å². The van der Waals surface area contributed by atoms with E-state index in [0.29, 0.717) is 0 Å². The minimum Gasteiger partial charge on any atom is -0.493 e. The molecule has 2 aromatic rings. The van der Waals surface area contributed by atoms with Gasteiger partial charge in [-0.25, -0.2) is 4.39 Å². The molecule has 2 N–H and O–H groups in total. The van der Waals surface area contributed by atoms with Gasteiger partial charge in [-0.1, -0.05) is 24.3 Å². The van der Waals surface area contributed by atoms with Crippen LogP contribution in [0.3, 0.4) is 0 Å². The summed E-state index contributed by atoms with van der Waals surface area (Å²) in [6, 6.07) is 12.7. The lowest BCUT2D eigenvalue weighted by Gasteiger charge is -2.12. The molecule has 104 valence electrons. The van der Waals surface area contributed by atoms with Crippen molar-refractivity contribution >= 4 is 0 Å². The summed E-state index contributed by atoms with van der Waals surface area (Å²) in [4.78, 5) is 0. The number of rotatable bonds is 4. The maximum atomic E-state index is 13.2. The van der Waals surface area contributed by atoms with Crippen LogP contribution in [0.25, 0.3) is 0 Å². The molecule has 2 nitrogen and oxygen atoms in total. The fourth-order valence-electron chi connectivity index (χ4n) is 2.62. The SMILES string of the molecule is NC(CCc1ccc2c(c1)CCO2)c1cccc(F)c1. The molecule has 0 amide bonds. The number of hydrogen-bond acceptors (Lipinski definition) is 2. The zero-order valence-electron chi connectivity index (χ0n) is 11.3. The van der Waals surface area contributed by atoms with Gasteiger partial charge in [-0.3, -0.25) is 0 Å². The third-order valence-corrected chi connectivity index (χ3v) is 3.77. The molecule has 0 bridgehead atoms. The number of ether oxygens (including phenoxy) is 1. The summed E-state index contributed by atoms with van der Waals surface area (Å²) < 4.78 is 18.7. The number of nitrogens with two attached hydrogens (primary N) is 1. The topological polar surface area (TPSA) is 35.2 Å². The van der Waals surface area contributed by atoms with Crippen LogP contribution in [0, 0.1) is 5.82 Å². The molecule has 1 aliphatic heterocycles. The van der Waals surface area contributed by atoms with Crippen LogP contribution in [0.15, 0.2) is 42.5 Å². The summed E-state index contributed by atoms with van der Waals surface area (Å²) in [5, 5.41) is 0. The Labute approximate surface area is 118 Å². The van der Waals surface area contributed by atoms with E-state index in [4.69, 9.17) is 10.5 Å². The number of hydrogen-bond donors (Lipinski definition) is 1. The molecule has 0 aliphatic carbocycles. The van der Waals surface area contributed by atoms with E-state index in [1.165, 1.54) is 23.3 Å². The molecule has 0 saturated carbocycles. The first kappa shape index (κ1) is 13.1. The summed E-state index contributed by atoms with van der Waals surface area (Å²) in [5.74, 6) is 0.774. The molecular formula is C17H18FNO. The molecule has 1 aliphatic rings. The van der Waals surface area contributed by atoms with Crippen LogP contribution in [0.2, 0.25) is 0 Å². The van der Waals surface area contributed by atoms with Gasteiger partial charge in [-0.2, -0.15) is 0 Å². The molecule has 2 aromatic carbocycles. The first-order valence-corrected chi connectivity index (χ1v) is 6.98. The molecule has 1 unspecified atom stereocenters. The third-order valence-electron chi connectivity index (χ3n) is 3.77. The Balaban J connectivity index is 1.64. The second-order valence-corrected chi connectivity index (χ2v) is 5.24. The molecule has 0 radical (unpaired) electrons. The first-order valence-electron chi connectivity index (χ1n) is 6.98. The predicted octanol–water partition coefficient (Wildman–Crippen LogP) is 3.39. The van der Waals surface area contributed by atoms with Crippen molar-refractivity contribution in [2.75, 3.05) is 6.61 Å². The maximum absolute atomic E-state index is 13.2. The number of fused-ring (bicyclic) bond motifs is 1. The highest BCUT2D eigenvalue weighted by molar-refractivity contribution is 5.39. The Hall–Kier alpha value is -1.87. The van der Waals surface area contributed by atoms with Crippen LogP contribution in [-0.4, -0.2) is 6.61 Å². The Morgan fingerprint density at radius 1 is 1.20 bits per heavy atom. The van der Waals surface area contributed by atoms with Crippen LogP contribution >= 0.6 is 0 Å². The maximum Gasteiger partial charge on any atom is 0.123 e. The summed E-state index contributed by atoms with van der Waals surface area (Å²) >= 11 is 0. The van der Waals surface area contributed by atoms with Crippen molar-refractivity contribution in [2.45, 2.75) is 25.3 Å². The standard InChI is InChI=1S/C17H18FNO/c18-15-3-1-2-13(11-15)16(19)6-4-12-5-7-17-14(10-12)8-9-20-17/h1-3,5,7,10-11,16H,4,6,8-9,19H2. The molecule has 20 heavy (non-hydrogen) atoms. The van der Waals surface area contributed by atoms with E-state index < -0.39 is 0 Å². The number of halogens is 1. The van der Waals surface area contributed by atoms with Crippen molar-refractivity contribution in [3.63, 3.8) is 0 Å². The Kier molecular flexibility index (Phi) is 3.70. The lowest BCUT2D eigenvalue weighted by atomic mass is 9.98. The minimum absolute atomic E-state index is 0.129. The van der Waals surface area contributed by atoms with Crippen LogP contribution < -0.4 is 10.5 Å². The average Bonchev–Trinajstić information content (AvgIpc) is 2.92. The molecule has 0 fully saturated rings. The lowest BCUT2D eigenvalue weighted by molar-refractivity contribution is 0.357. The highest BCUT2D eigenvalue weighted by atomic mass is 19.1. The Morgan fingerprint density at radius 2 is 2.10 bits per heavy atom. The molecule has 0 saturated heterocycles. The van der Waals surface area contributed by atoms with Gasteiger partial charge in [-0.15, -0.1) is 0 Å². The molecular weight excluding hydrogens is 253 g/mol. The van der Waals surface area contributed by atoms with Crippen LogP contribution in [-0.2, 0) is 12.8 Å². The Bertz CT molecular complexity index is 612. The normalized spacial score (nSPS) is 14.7. The molecule has 1 atom stereocenters. The molecule has 0 spiro atoms. The van der Waals surface area contributed by atoms with Gasteiger partial charge in [0.25, 0.3) is 0 Å². The summed E-state index contributed by atoms with van der Waals surface area (Å²) in [6.07, 6.45) is 2.69. The smallest absolute Gasteiger partial charge is 0.123 e. The van der Waals surface area contributed by atoms with Crippen molar-refractivity contribution in [1.82, 2.24) is 0 Å². The largest absolute Gasteiger partial charge is 0.493 e. The van der Waals surface area contributed by atoms with Crippen molar-refractivity contribution < 1.29 is 9.13 Å². The third kappa shape index (κ3) is 2.83. The van der Waals surface area contributed by atoms with Crippen LogP contribution in [0.4, 0.5) is 4.39 Å². The van der Waals surface area contributed by atoms with Gasteiger partial charge < -0.3 is 10.5 Å². The van der Waals surface area contributed by atoms with Crippen molar-refractivity contribution in [1.29, 1.82) is 0 Å². The fourth-order valence-corrected chi connectivity index (χ4v) is 2.62. The average molecular weight is 271 g/mol. The Morgan fingerprint density at radius 3 is 2.95 bits per heavy atom. The van der Waals surface area contributed by atoms with Crippen molar-refractivity contribution in [3.8, 4) is 5.75 Å². The highest BCUT2D eigenvalue weighted by Crippen LogP contribution is 2.27. The van der Waals surface area contributed by atoms with Crippen LogP contribution in [0.1, 0.15) is 29.2 Å². The lowest BCUT2D eigenvalue weighted by Crippen LogP contribution is -2.11. The number of benzene rings is 2. The van der Waals surface area contributed by atoms with Gasteiger partial charge in [0.1, 0.15) is 11.6 Å².